The van der Waals surface area contributed by atoms with Crippen molar-refractivity contribution in [3.63, 3.8) is 0 Å². The number of Topliss-reactive ketones (excluding diaryl/α,β-unsaturated/α-hetero) is 1. The highest BCUT2D eigenvalue weighted by Crippen LogP contribution is 2.22. The summed E-state index contributed by atoms with van der Waals surface area (Å²) in [7, 11) is 0. The molecule has 1 aliphatic rings. The summed E-state index contributed by atoms with van der Waals surface area (Å²) in [6.07, 6.45) is -3.40. The number of likely N-dealkylation sites (tertiary alicyclic amines) is 1. The summed E-state index contributed by atoms with van der Waals surface area (Å²) in [5.41, 5.74) is 5.72. The molecule has 1 saturated heterocycles. The van der Waals surface area contributed by atoms with E-state index in [0.29, 0.717) is 0 Å². The van der Waals surface area contributed by atoms with Gasteiger partial charge >= 0.3 is 6.18 Å². The van der Waals surface area contributed by atoms with Crippen molar-refractivity contribution in [3.05, 3.63) is 0 Å². The molecule has 0 amide bonds. The van der Waals surface area contributed by atoms with Gasteiger partial charge in [0.1, 0.15) is 5.78 Å². The third-order valence-electron chi connectivity index (χ3n) is 2.95. The van der Waals surface area contributed by atoms with Crippen molar-refractivity contribution in [1.82, 2.24) is 4.90 Å². The maximum absolute atomic E-state index is 11.9. The van der Waals surface area contributed by atoms with E-state index in [1.165, 1.54) is 0 Å². The Bertz CT molecular complexity index is 248. The molecule has 0 radical (unpaired) electrons. The Kier molecular flexibility index (Phi) is 5.39. The van der Waals surface area contributed by atoms with Gasteiger partial charge in [0.2, 0.25) is 0 Å². The number of alkyl halides is 3. The number of hydrogen-bond donors (Lipinski definition) is 1. The quantitative estimate of drug-likeness (QED) is 0.810. The zero-order valence-electron chi connectivity index (χ0n) is 9.80. The van der Waals surface area contributed by atoms with E-state index in [1.54, 1.807) is 0 Å². The maximum Gasteiger partial charge on any atom is 0.389 e. The van der Waals surface area contributed by atoms with Gasteiger partial charge in [-0.25, -0.2) is 0 Å². The molecular weight excluding hydrogens is 233 g/mol. The molecule has 0 atom stereocenters. The van der Waals surface area contributed by atoms with Gasteiger partial charge in [-0.1, -0.05) is 0 Å². The first-order chi connectivity index (χ1) is 7.87. The lowest BCUT2D eigenvalue weighted by molar-refractivity contribution is -0.137. The second-order valence-corrected chi connectivity index (χ2v) is 4.62. The largest absolute Gasteiger partial charge is 0.389 e. The molecule has 17 heavy (non-hydrogen) atoms. The minimum absolute atomic E-state index is 0.0159. The van der Waals surface area contributed by atoms with Crippen LogP contribution < -0.4 is 5.73 Å². The average Bonchev–Trinajstić information content (AvgIpc) is 2.19. The molecule has 0 saturated carbocycles. The third-order valence-corrected chi connectivity index (χ3v) is 2.95. The van der Waals surface area contributed by atoms with Crippen molar-refractivity contribution < 1.29 is 18.0 Å². The lowest BCUT2D eigenvalue weighted by atomic mass is 10.1. The number of halogens is 3. The number of carbonyl (C=O) groups is 1. The summed E-state index contributed by atoms with van der Waals surface area (Å²) in [6, 6.07) is 0.201. The van der Waals surface area contributed by atoms with E-state index < -0.39 is 12.6 Å². The lowest BCUT2D eigenvalue weighted by Gasteiger charge is -2.29. The number of nitrogens with zero attached hydrogens (tertiary/aromatic N) is 1. The Labute approximate surface area is 99.1 Å². The smallest absolute Gasteiger partial charge is 0.328 e. The molecular formula is C11H19F3N2O. The second-order valence-electron chi connectivity index (χ2n) is 4.62. The monoisotopic (exact) mass is 252 g/mol. The van der Waals surface area contributed by atoms with Crippen LogP contribution >= 0.6 is 0 Å². The molecule has 1 aliphatic heterocycles. The standard InChI is InChI=1S/C11H19F3N2O/c12-11(13,14)5-1-2-10(17)8-16-6-3-9(15)4-7-16/h9H,1-8,15H2. The molecule has 100 valence electrons. The minimum Gasteiger partial charge on any atom is -0.328 e. The molecule has 6 heteroatoms. The van der Waals surface area contributed by atoms with Crippen molar-refractivity contribution in [2.24, 2.45) is 5.73 Å². The van der Waals surface area contributed by atoms with Crippen LogP contribution in [-0.4, -0.2) is 42.5 Å². The molecule has 1 rings (SSSR count). The van der Waals surface area contributed by atoms with Gasteiger partial charge in [-0.3, -0.25) is 9.69 Å². The summed E-state index contributed by atoms with van der Waals surface area (Å²) < 4.78 is 35.6. The van der Waals surface area contributed by atoms with Gasteiger partial charge < -0.3 is 5.73 Å². The van der Waals surface area contributed by atoms with Crippen molar-refractivity contribution in [2.45, 2.75) is 44.3 Å². The Balaban J connectivity index is 2.13. The number of ketones is 1. The predicted octanol–water partition coefficient (Wildman–Crippen LogP) is 1.71. The fraction of sp³-hybridized carbons (Fsp3) is 0.909. The maximum atomic E-state index is 11.9. The molecule has 1 fully saturated rings. The fourth-order valence-electron chi connectivity index (χ4n) is 1.93. The van der Waals surface area contributed by atoms with E-state index in [9.17, 15) is 18.0 Å². The zero-order valence-corrected chi connectivity index (χ0v) is 9.80. The van der Waals surface area contributed by atoms with Crippen LogP contribution in [0.1, 0.15) is 32.1 Å². The van der Waals surface area contributed by atoms with Crippen LogP contribution in [0, 0.1) is 0 Å². The van der Waals surface area contributed by atoms with Crippen molar-refractivity contribution in [3.8, 4) is 0 Å². The van der Waals surface area contributed by atoms with E-state index in [2.05, 4.69) is 0 Å². The molecule has 3 nitrogen and oxygen atoms in total. The average molecular weight is 252 g/mol. The van der Waals surface area contributed by atoms with Gasteiger partial charge in [0.15, 0.2) is 0 Å². The summed E-state index contributed by atoms with van der Waals surface area (Å²) in [6.45, 7) is 1.81. The Hall–Kier alpha value is -0.620. The van der Waals surface area contributed by atoms with Crippen LogP contribution in [0.15, 0.2) is 0 Å². The third kappa shape index (κ3) is 6.63. The zero-order chi connectivity index (χ0) is 12.9. The predicted molar refractivity (Wildman–Crippen MR) is 58.6 cm³/mol. The first kappa shape index (κ1) is 14.4. The molecule has 0 unspecified atom stereocenters. The normalized spacial score (nSPS) is 19.5. The number of hydrogen-bond acceptors (Lipinski definition) is 3. The molecule has 1 heterocycles. The fourth-order valence-corrected chi connectivity index (χ4v) is 1.93. The van der Waals surface area contributed by atoms with Crippen LogP contribution in [0.25, 0.3) is 0 Å². The summed E-state index contributed by atoms with van der Waals surface area (Å²) in [4.78, 5) is 13.4. The van der Waals surface area contributed by atoms with Crippen molar-refractivity contribution in [2.75, 3.05) is 19.6 Å². The van der Waals surface area contributed by atoms with Gasteiger partial charge in [0, 0.05) is 32.0 Å². The van der Waals surface area contributed by atoms with E-state index >= 15 is 0 Å². The van der Waals surface area contributed by atoms with Gasteiger partial charge in [-0.2, -0.15) is 13.2 Å². The molecule has 0 aliphatic carbocycles. The number of rotatable bonds is 5. The second kappa shape index (κ2) is 6.35. The van der Waals surface area contributed by atoms with Gasteiger partial charge in [-0.15, -0.1) is 0 Å². The van der Waals surface area contributed by atoms with Crippen LogP contribution in [0.2, 0.25) is 0 Å². The van der Waals surface area contributed by atoms with E-state index in [1.807, 2.05) is 4.90 Å². The first-order valence-electron chi connectivity index (χ1n) is 5.93. The van der Waals surface area contributed by atoms with E-state index in [0.717, 1.165) is 25.9 Å². The first-order valence-corrected chi connectivity index (χ1v) is 5.93. The molecule has 0 aromatic rings. The minimum atomic E-state index is -4.15. The number of nitrogens with two attached hydrogens (primary N) is 1. The Morgan fingerprint density at radius 2 is 1.88 bits per heavy atom. The van der Waals surface area contributed by atoms with Crippen LogP contribution in [-0.2, 0) is 4.79 Å². The van der Waals surface area contributed by atoms with Gasteiger partial charge in [-0.05, 0) is 19.3 Å². The van der Waals surface area contributed by atoms with Gasteiger partial charge in [0.25, 0.3) is 0 Å². The van der Waals surface area contributed by atoms with Gasteiger partial charge in [0.05, 0.1) is 6.54 Å². The Morgan fingerprint density at radius 1 is 1.29 bits per heavy atom. The number of carbonyl (C=O) groups excluding carboxylic acids is 1. The van der Waals surface area contributed by atoms with Crippen molar-refractivity contribution in [1.29, 1.82) is 0 Å². The highest BCUT2D eigenvalue weighted by molar-refractivity contribution is 5.80. The van der Waals surface area contributed by atoms with E-state index in [4.69, 9.17) is 5.73 Å². The lowest BCUT2D eigenvalue weighted by Crippen LogP contribution is -2.41. The summed E-state index contributed by atoms with van der Waals surface area (Å²) in [5, 5.41) is 0. The molecule has 0 aromatic heterocycles. The molecule has 0 spiro atoms. The summed E-state index contributed by atoms with van der Waals surface area (Å²) >= 11 is 0. The highest BCUT2D eigenvalue weighted by Gasteiger charge is 2.26. The van der Waals surface area contributed by atoms with E-state index in [-0.39, 0.29) is 31.2 Å². The topological polar surface area (TPSA) is 46.3 Å². The van der Waals surface area contributed by atoms with Crippen LogP contribution in [0.5, 0.6) is 0 Å². The molecule has 2 N–H and O–H groups in total. The molecule has 0 bridgehead atoms. The highest BCUT2D eigenvalue weighted by atomic mass is 19.4. The van der Waals surface area contributed by atoms with Crippen molar-refractivity contribution >= 4 is 5.78 Å². The van der Waals surface area contributed by atoms with Crippen LogP contribution in [0.3, 0.4) is 0 Å². The number of piperidine rings is 1. The SMILES string of the molecule is NC1CCN(CC(=O)CCCC(F)(F)F)CC1. The van der Waals surface area contributed by atoms with Crippen LogP contribution in [0.4, 0.5) is 13.2 Å². The molecule has 0 aromatic carbocycles. The Morgan fingerprint density at radius 3 is 2.41 bits per heavy atom. The summed E-state index contributed by atoms with van der Waals surface area (Å²) in [5.74, 6) is -0.107.